The van der Waals surface area contributed by atoms with Crippen molar-refractivity contribution in [1.82, 2.24) is 4.90 Å². The van der Waals surface area contributed by atoms with Gasteiger partial charge in [-0.05, 0) is 51.0 Å². The van der Waals surface area contributed by atoms with Gasteiger partial charge in [0.1, 0.15) is 0 Å². The van der Waals surface area contributed by atoms with E-state index in [2.05, 4.69) is 18.9 Å². The van der Waals surface area contributed by atoms with Gasteiger partial charge in [-0.1, -0.05) is 26.2 Å². The summed E-state index contributed by atoms with van der Waals surface area (Å²) in [5.41, 5.74) is 6.44. The minimum atomic E-state index is 0.317. The van der Waals surface area contributed by atoms with E-state index in [0.29, 0.717) is 5.54 Å². The molecule has 1 atom stereocenters. The lowest BCUT2D eigenvalue weighted by Crippen LogP contribution is -2.54. The Morgan fingerprint density at radius 3 is 2.24 bits per heavy atom. The topological polar surface area (TPSA) is 29.3 Å². The highest BCUT2D eigenvalue weighted by molar-refractivity contribution is 5.02. The van der Waals surface area contributed by atoms with Gasteiger partial charge in [-0.3, -0.25) is 4.90 Å². The predicted molar refractivity (Wildman–Crippen MR) is 74.0 cm³/mol. The number of nitrogens with zero attached hydrogens (tertiary/aromatic N) is 1. The molecule has 100 valence electrons. The second kappa shape index (κ2) is 5.71. The van der Waals surface area contributed by atoms with Crippen molar-refractivity contribution in [2.45, 2.75) is 63.8 Å². The van der Waals surface area contributed by atoms with Gasteiger partial charge in [0.05, 0.1) is 0 Å². The number of hydrogen-bond acceptors (Lipinski definition) is 2. The molecule has 2 aliphatic rings. The normalized spacial score (nSPS) is 26.1. The van der Waals surface area contributed by atoms with Crippen molar-refractivity contribution in [3.05, 3.63) is 0 Å². The molecular formula is C15H30N2. The van der Waals surface area contributed by atoms with Gasteiger partial charge >= 0.3 is 0 Å². The lowest BCUT2D eigenvalue weighted by molar-refractivity contribution is 0.0718. The summed E-state index contributed by atoms with van der Waals surface area (Å²) in [5, 5.41) is 0. The fraction of sp³-hybridized carbons (Fsp3) is 1.00. The standard InChI is InChI=1S/C15H30N2/c1-3-15(12-16,14-9-10-14)17(2)11-13-7-5-4-6-8-13/h13-14H,3-12,16H2,1-2H3. The van der Waals surface area contributed by atoms with Gasteiger partial charge < -0.3 is 5.73 Å². The Bertz CT molecular complexity index is 225. The van der Waals surface area contributed by atoms with Crippen molar-refractivity contribution >= 4 is 0 Å². The van der Waals surface area contributed by atoms with Gasteiger partial charge in [-0.15, -0.1) is 0 Å². The van der Waals surface area contributed by atoms with E-state index in [4.69, 9.17) is 5.73 Å². The van der Waals surface area contributed by atoms with Gasteiger partial charge in [0.15, 0.2) is 0 Å². The Balaban J connectivity index is 1.93. The quantitative estimate of drug-likeness (QED) is 0.771. The second-order valence-corrected chi connectivity index (χ2v) is 6.32. The van der Waals surface area contributed by atoms with Gasteiger partial charge in [0.25, 0.3) is 0 Å². The summed E-state index contributed by atoms with van der Waals surface area (Å²) in [6.07, 6.45) is 11.3. The predicted octanol–water partition coefficient (Wildman–Crippen LogP) is 3.02. The molecule has 2 nitrogen and oxygen atoms in total. The van der Waals surface area contributed by atoms with E-state index in [9.17, 15) is 0 Å². The number of nitrogens with two attached hydrogens (primary N) is 1. The third-order valence-corrected chi connectivity index (χ3v) is 5.32. The molecule has 0 aliphatic heterocycles. The first-order valence-electron chi connectivity index (χ1n) is 7.64. The molecule has 0 aromatic rings. The van der Waals surface area contributed by atoms with Crippen LogP contribution in [0.4, 0.5) is 0 Å². The lowest BCUT2D eigenvalue weighted by Gasteiger charge is -2.43. The highest BCUT2D eigenvalue weighted by Crippen LogP contribution is 2.44. The maximum absolute atomic E-state index is 6.12. The first-order valence-corrected chi connectivity index (χ1v) is 7.64. The highest BCUT2D eigenvalue weighted by atomic mass is 15.2. The Morgan fingerprint density at radius 1 is 1.12 bits per heavy atom. The van der Waals surface area contributed by atoms with Crippen LogP contribution in [0.5, 0.6) is 0 Å². The third-order valence-electron chi connectivity index (χ3n) is 5.32. The largest absolute Gasteiger partial charge is 0.329 e. The van der Waals surface area contributed by atoms with Crippen molar-refractivity contribution in [3.63, 3.8) is 0 Å². The monoisotopic (exact) mass is 238 g/mol. The fourth-order valence-corrected chi connectivity index (χ4v) is 3.90. The van der Waals surface area contributed by atoms with E-state index in [1.807, 2.05) is 0 Å². The molecule has 0 spiro atoms. The van der Waals surface area contributed by atoms with Gasteiger partial charge in [-0.25, -0.2) is 0 Å². The summed E-state index contributed by atoms with van der Waals surface area (Å²) in [6.45, 7) is 4.45. The molecule has 1 unspecified atom stereocenters. The average molecular weight is 238 g/mol. The van der Waals surface area contributed by atoms with Crippen LogP contribution in [0.2, 0.25) is 0 Å². The molecule has 0 heterocycles. The summed E-state index contributed by atoms with van der Waals surface area (Å²) in [6, 6.07) is 0. The van der Waals surface area contributed by atoms with E-state index < -0.39 is 0 Å². The summed E-state index contributed by atoms with van der Waals surface area (Å²) < 4.78 is 0. The minimum absolute atomic E-state index is 0.317. The van der Waals surface area contributed by atoms with Crippen LogP contribution in [-0.2, 0) is 0 Å². The Morgan fingerprint density at radius 2 is 1.76 bits per heavy atom. The van der Waals surface area contributed by atoms with E-state index >= 15 is 0 Å². The molecule has 2 aliphatic carbocycles. The van der Waals surface area contributed by atoms with E-state index in [1.54, 1.807) is 0 Å². The summed E-state index contributed by atoms with van der Waals surface area (Å²) in [5.74, 6) is 1.82. The van der Waals surface area contributed by atoms with Crippen LogP contribution in [0.1, 0.15) is 58.3 Å². The first kappa shape index (κ1) is 13.4. The minimum Gasteiger partial charge on any atom is -0.329 e. The zero-order valence-electron chi connectivity index (χ0n) is 11.8. The Hall–Kier alpha value is -0.0800. The molecule has 0 amide bonds. The highest BCUT2D eigenvalue weighted by Gasteiger charge is 2.45. The zero-order chi connectivity index (χ0) is 12.3. The lowest BCUT2D eigenvalue weighted by atomic mass is 9.84. The maximum Gasteiger partial charge on any atom is 0.0354 e. The van der Waals surface area contributed by atoms with Crippen LogP contribution in [0.15, 0.2) is 0 Å². The molecule has 0 aromatic heterocycles. The third kappa shape index (κ3) is 2.85. The molecular weight excluding hydrogens is 208 g/mol. The molecule has 0 radical (unpaired) electrons. The smallest absolute Gasteiger partial charge is 0.0354 e. The Labute approximate surface area is 107 Å². The molecule has 0 aromatic carbocycles. The van der Waals surface area contributed by atoms with Crippen molar-refractivity contribution in [2.75, 3.05) is 20.1 Å². The van der Waals surface area contributed by atoms with Crippen molar-refractivity contribution in [3.8, 4) is 0 Å². The molecule has 0 saturated heterocycles. The Kier molecular flexibility index (Phi) is 4.48. The molecule has 2 fully saturated rings. The molecule has 2 rings (SSSR count). The first-order chi connectivity index (χ1) is 8.23. The van der Waals surface area contributed by atoms with Crippen LogP contribution in [0.3, 0.4) is 0 Å². The second-order valence-electron chi connectivity index (χ2n) is 6.32. The number of rotatable bonds is 6. The molecule has 2 heteroatoms. The van der Waals surface area contributed by atoms with Gasteiger partial charge in [-0.2, -0.15) is 0 Å². The summed E-state index contributed by atoms with van der Waals surface area (Å²) >= 11 is 0. The van der Waals surface area contributed by atoms with Crippen LogP contribution in [0.25, 0.3) is 0 Å². The van der Waals surface area contributed by atoms with E-state index in [1.165, 1.54) is 57.9 Å². The van der Waals surface area contributed by atoms with Crippen LogP contribution in [-0.4, -0.2) is 30.6 Å². The SMILES string of the molecule is CCC(CN)(C1CC1)N(C)CC1CCCCC1. The molecule has 17 heavy (non-hydrogen) atoms. The van der Waals surface area contributed by atoms with Crippen molar-refractivity contribution < 1.29 is 0 Å². The van der Waals surface area contributed by atoms with Crippen LogP contribution >= 0.6 is 0 Å². The molecule has 2 saturated carbocycles. The maximum atomic E-state index is 6.12. The van der Waals surface area contributed by atoms with Gasteiger partial charge in [0, 0.05) is 18.6 Å². The number of hydrogen-bond donors (Lipinski definition) is 1. The molecule has 2 N–H and O–H groups in total. The van der Waals surface area contributed by atoms with Crippen LogP contribution in [0, 0.1) is 11.8 Å². The van der Waals surface area contributed by atoms with Crippen LogP contribution < -0.4 is 5.73 Å². The van der Waals surface area contributed by atoms with Gasteiger partial charge in [0.2, 0.25) is 0 Å². The summed E-state index contributed by atoms with van der Waals surface area (Å²) in [4.78, 5) is 2.63. The van der Waals surface area contributed by atoms with E-state index in [0.717, 1.165) is 18.4 Å². The van der Waals surface area contributed by atoms with Crippen molar-refractivity contribution in [1.29, 1.82) is 0 Å². The summed E-state index contributed by atoms with van der Waals surface area (Å²) in [7, 11) is 2.32. The van der Waals surface area contributed by atoms with E-state index in [-0.39, 0.29) is 0 Å². The van der Waals surface area contributed by atoms with Crippen molar-refractivity contribution in [2.24, 2.45) is 17.6 Å². The molecule has 0 bridgehead atoms. The zero-order valence-corrected chi connectivity index (χ0v) is 11.8. The average Bonchev–Trinajstić information content (AvgIpc) is 3.17. The number of likely N-dealkylation sites (N-methyl/N-ethyl adjacent to an activating group) is 1. The fourth-order valence-electron chi connectivity index (χ4n) is 3.90.